The maximum absolute atomic E-state index is 9.16. The molecule has 0 amide bonds. The first kappa shape index (κ1) is 11.4. The van der Waals surface area contributed by atoms with Crippen LogP contribution in [0.15, 0.2) is 36.4 Å². The maximum atomic E-state index is 9.16. The molecule has 1 fully saturated rings. The van der Waals surface area contributed by atoms with Gasteiger partial charge in [0.15, 0.2) is 0 Å². The molecule has 94 valence electrons. The van der Waals surface area contributed by atoms with E-state index in [4.69, 9.17) is 9.84 Å². The summed E-state index contributed by atoms with van der Waals surface area (Å²) in [5, 5.41) is 10.3. The number of anilines is 1. The summed E-state index contributed by atoms with van der Waals surface area (Å²) in [7, 11) is 0. The normalized spacial score (nSPS) is 20.3. The second-order valence-electron chi connectivity index (χ2n) is 4.48. The monoisotopic (exact) mass is 244 g/mol. The number of aromatic nitrogens is 1. The highest BCUT2D eigenvalue weighted by Crippen LogP contribution is 2.19. The lowest BCUT2D eigenvalue weighted by atomic mass is 10.2. The minimum absolute atomic E-state index is 0.0596. The van der Waals surface area contributed by atoms with Crippen LogP contribution in [0.4, 0.5) is 5.82 Å². The highest BCUT2D eigenvalue weighted by Gasteiger charge is 2.20. The van der Waals surface area contributed by atoms with Crippen LogP contribution >= 0.6 is 0 Å². The van der Waals surface area contributed by atoms with Gasteiger partial charge in [-0.3, -0.25) is 0 Å². The topological polar surface area (TPSA) is 45.6 Å². The summed E-state index contributed by atoms with van der Waals surface area (Å²) in [5.74, 6) is 0.954. The van der Waals surface area contributed by atoms with E-state index in [9.17, 15) is 0 Å². The highest BCUT2D eigenvalue weighted by molar-refractivity contribution is 5.80. The van der Waals surface area contributed by atoms with Gasteiger partial charge in [0.05, 0.1) is 24.8 Å². The van der Waals surface area contributed by atoms with E-state index in [1.807, 2.05) is 24.3 Å². The van der Waals surface area contributed by atoms with E-state index in [1.165, 1.54) is 0 Å². The van der Waals surface area contributed by atoms with Crippen LogP contribution in [0.2, 0.25) is 0 Å². The Morgan fingerprint density at radius 3 is 3.06 bits per heavy atom. The highest BCUT2D eigenvalue weighted by atomic mass is 16.5. The van der Waals surface area contributed by atoms with Gasteiger partial charge in [-0.25, -0.2) is 4.98 Å². The van der Waals surface area contributed by atoms with Gasteiger partial charge >= 0.3 is 0 Å². The minimum Gasteiger partial charge on any atom is -0.394 e. The van der Waals surface area contributed by atoms with E-state index >= 15 is 0 Å². The number of aliphatic hydroxyl groups is 1. The molecule has 2 heterocycles. The Kier molecular flexibility index (Phi) is 3.13. The summed E-state index contributed by atoms with van der Waals surface area (Å²) in [4.78, 5) is 6.82. The van der Waals surface area contributed by atoms with Crippen LogP contribution in [0.25, 0.3) is 10.9 Å². The van der Waals surface area contributed by atoms with Gasteiger partial charge in [0.1, 0.15) is 5.82 Å². The maximum Gasteiger partial charge on any atom is 0.129 e. The Hall–Kier alpha value is -1.65. The predicted molar refractivity (Wildman–Crippen MR) is 70.8 cm³/mol. The number of ether oxygens (including phenoxy) is 1. The molecule has 0 saturated carbocycles. The molecule has 1 atom stereocenters. The van der Waals surface area contributed by atoms with Crippen molar-refractivity contribution < 1.29 is 9.84 Å². The van der Waals surface area contributed by atoms with Gasteiger partial charge in [0, 0.05) is 18.5 Å². The Bertz CT molecular complexity index is 544. The number of para-hydroxylation sites is 1. The zero-order valence-corrected chi connectivity index (χ0v) is 10.1. The SMILES string of the molecule is OCC1CN(c2ccc3ccccc3n2)CCO1. The zero-order valence-electron chi connectivity index (χ0n) is 10.1. The summed E-state index contributed by atoms with van der Waals surface area (Å²) in [6.07, 6.45) is -0.105. The fraction of sp³-hybridized carbons (Fsp3) is 0.357. The quantitative estimate of drug-likeness (QED) is 0.868. The smallest absolute Gasteiger partial charge is 0.129 e. The largest absolute Gasteiger partial charge is 0.394 e. The number of nitrogens with zero attached hydrogens (tertiary/aromatic N) is 2. The van der Waals surface area contributed by atoms with Crippen LogP contribution in [-0.2, 0) is 4.74 Å². The second kappa shape index (κ2) is 4.92. The lowest BCUT2D eigenvalue weighted by Crippen LogP contribution is -2.44. The van der Waals surface area contributed by atoms with Crippen molar-refractivity contribution in [1.29, 1.82) is 0 Å². The average Bonchev–Trinajstić information content (AvgIpc) is 2.47. The van der Waals surface area contributed by atoms with Gasteiger partial charge in [-0.1, -0.05) is 18.2 Å². The average molecular weight is 244 g/mol. The summed E-state index contributed by atoms with van der Waals surface area (Å²) in [6, 6.07) is 12.2. The summed E-state index contributed by atoms with van der Waals surface area (Å²) >= 11 is 0. The van der Waals surface area contributed by atoms with Crippen molar-refractivity contribution in [2.45, 2.75) is 6.10 Å². The van der Waals surface area contributed by atoms with Crippen molar-refractivity contribution in [2.24, 2.45) is 0 Å². The van der Waals surface area contributed by atoms with Crippen molar-refractivity contribution >= 4 is 16.7 Å². The van der Waals surface area contributed by atoms with Crippen LogP contribution in [0.1, 0.15) is 0 Å². The summed E-state index contributed by atoms with van der Waals surface area (Å²) < 4.78 is 5.45. The van der Waals surface area contributed by atoms with E-state index in [0.29, 0.717) is 13.2 Å². The van der Waals surface area contributed by atoms with Crippen molar-refractivity contribution in [3.63, 3.8) is 0 Å². The van der Waals surface area contributed by atoms with Gasteiger partial charge in [-0.15, -0.1) is 0 Å². The van der Waals surface area contributed by atoms with Crippen LogP contribution in [0, 0.1) is 0 Å². The molecule has 2 aromatic rings. The Morgan fingerprint density at radius 2 is 2.17 bits per heavy atom. The van der Waals surface area contributed by atoms with Gasteiger partial charge in [0.25, 0.3) is 0 Å². The fourth-order valence-electron chi connectivity index (χ4n) is 2.27. The molecule has 18 heavy (non-hydrogen) atoms. The van der Waals surface area contributed by atoms with Crippen LogP contribution in [0.3, 0.4) is 0 Å². The third-order valence-electron chi connectivity index (χ3n) is 3.25. The first-order valence-corrected chi connectivity index (χ1v) is 6.20. The third-order valence-corrected chi connectivity index (χ3v) is 3.25. The minimum atomic E-state index is -0.105. The molecule has 0 radical (unpaired) electrons. The van der Waals surface area contributed by atoms with E-state index in [0.717, 1.165) is 23.3 Å². The molecule has 1 aliphatic rings. The van der Waals surface area contributed by atoms with Crippen LogP contribution in [0.5, 0.6) is 0 Å². The van der Waals surface area contributed by atoms with Crippen LogP contribution < -0.4 is 4.90 Å². The zero-order chi connectivity index (χ0) is 12.4. The number of hydrogen-bond donors (Lipinski definition) is 1. The molecule has 1 aromatic heterocycles. The van der Waals surface area contributed by atoms with E-state index in [1.54, 1.807) is 0 Å². The molecule has 1 saturated heterocycles. The number of pyridine rings is 1. The first-order valence-electron chi connectivity index (χ1n) is 6.20. The summed E-state index contributed by atoms with van der Waals surface area (Å²) in [6.45, 7) is 2.22. The number of hydrogen-bond acceptors (Lipinski definition) is 4. The Labute approximate surface area is 106 Å². The fourth-order valence-corrected chi connectivity index (χ4v) is 2.27. The molecular weight excluding hydrogens is 228 g/mol. The number of rotatable bonds is 2. The van der Waals surface area contributed by atoms with Crippen LogP contribution in [-0.4, -0.2) is 42.5 Å². The number of benzene rings is 1. The lowest BCUT2D eigenvalue weighted by Gasteiger charge is -2.32. The van der Waals surface area contributed by atoms with Gasteiger partial charge < -0.3 is 14.7 Å². The number of morpholine rings is 1. The molecule has 4 nitrogen and oxygen atoms in total. The lowest BCUT2D eigenvalue weighted by molar-refractivity contribution is 0.00338. The van der Waals surface area contributed by atoms with E-state index in [2.05, 4.69) is 22.0 Å². The van der Waals surface area contributed by atoms with E-state index < -0.39 is 0 Å². The summed E-state index contributed by atoms with van der Waals surface area (Å²) in [5.41, 5.74) is 1.00. The van der Waals surface area contributed by atoms with Gasteiger partial charge in [-0.2, -0.15) is 0 Å². The first-order chi connectivity index (χ1) is 8.86. The van der Waals surface area contributed by atoms with Crippen molar-refractivity contribution in [1.82, 2.24) is 4.98 Å². The molecule has 0 spiro atoms. The molecule has 4 heteroatoms. The molecule has 0 aliphatic carbocycles. The molecule has 0 bridgehead atoms. The molecule has 3 rings (SSSR count). The molecule has 1 aliphatic heterocycles. The van der Waals surface area contributed by atoms with Crippen molar-refractivity contribution in [2.75, 3.05) is 31.2 Å². The Balaban J connectivity index is 1.89. The van der Waals surface area contributed by atoms with Crippen molar-refractivity contribution in [3.8, 4) is 0 Å². The third kappa shape index (κ3) is 2.17. The second-order valence-corrected chi connectivity index (χ2v) is 4.48. The van der Waals surface area contributed by atoms with Crippen molar-refractivity contribution in [3.05, 3.63) is 36.4 Å². The molecular formula is C14H16N2O2. The Morgan fingerprint density at radius 1 is 1.28 bits per heavy atom. The molecule has 1 unspecified atom stereocenters. The van der Waals surface area contributed by atoms with E-state index in [-0.39, 0.29) is 12.7 Å². The molecule has 1 N–H and O–H groups in total. The van der Waals surface area contributed by atoms with Gasteiger partial charge in [-0.05, 0) is 18.2 Å². The predicted octanol–water partition coefficient (Wildman–Crippen LogP) is 1.43. The number of aliphatic hydroxyl groups excluding tert-OH is 1. The number of fused-ring (bicyclic) bond motifs is 1. The molecule has 1 aromatic carbocycles. The van der Waals surface area contributed by atoms with Gasteiger partial charge in [0.2, 0.25) is 0 Å². The standard InChI is InChI=1S/C14H16N2O2/c17-10-12-9-16(7-8-18-12)14-6-5-11-3-1-2-4-13(11)15-14/h1-6,12,17H,7-10H2.